The Morgan fingerprint density at radius 3 is 3.00 bits per heavy atom. The number of benzene rings is 1. The van der Waals surface area contributed by atoms with Crippen LogP contribution in [-0.4, -0.2) is 27.8 Å². The van der Waals surface area contributed by atoms with Gasteiger partial charge in [-0.3, -0.25) is 4.79 Å². The number of rotatable bonds is 4. The van der Waals surface area contributed by atoms with E-state index >= 15 is 0 Å². The Hall–Kier alpha value is -1.89. The van der Waals surface area contributed by atoms with E-state index in [0.717, 1.165) is 0 Å². The predicted molar refractivity (Wildman–Crippen MR) is 77.5 cm³/mol. The van der Waals surface area contributed by atoms with Gasteiger partial charge in [-0.15, -0.1) is 11.8 Å². The van der Waals surface area contributed by atoms with E-state index in [4.69, 9.17) is 4.52 Å². The molecule has 1 fully saturated rings. The predicted octanol–water partition coefficient (Wildman–Crippen LogP) is 2.56. The van der Waals surface area contributed by atoms with Crippen LogP contribution in [0.2, 0.25) is 0 Å². The fourth-order valence-corrected chi connectivity index (χ4v) is 3.30. The van der Waals surface area contributed by atoms with Crippen molar-refractivity contribution in [2.45, 2.75) is 24.3 Å². The Bertz CT molecular complexity index is 661. The van der Waals surface area contributed by atoms with Crippen molar-refractivity contribution in [3.05, 3.63) is 41.8 Å². The normalized spacial score (nSPS) is 18.5. The van der Waals surface area contributed by atoms with Gasteiger partial charge in [-0.25, -0.2) is 4.39 Å². The van der Waals surface area contributed by atoms with Gasteiger partial charge in [0.2, 0.25) is 11.8 Å². The molecule has 1 aliphatic rings. The highest BCUT2D eigenvalue weighted by molar-refractivity contribution is 7.99. The Balaban J connectivity index is 1.65. The molecule has 0 aliphatic carbocycles. The lowest BCUT2D eigenvalue weighted by molar-refractivity contribution is -0.116. The number of carbonyl (C=O) groups excluding carboxylic acids is 1. The van der Waals surface area contributed by atoms with Crippen LogP contribution in [0.1, 0.15) is 18.1 Å². The van der Waals surface area contributed by atoms with Crippen molar-refractivity contribution in [1.29, 1.82) is 0 Å². The average molecular weight is 307 g/mol. The lowest BCUT2D eigenvalue weighted by atomic mass is 10.3. The smallest absolute Gasteiger partial charge is 0.240 e. The second-order valence-electron chi connectivity index (χ2n) is 4.76. The van der Waals surface area contributed by atoms with Crippen molar-refractivity contribution >= 4 is 23.4 Å². The molecule has 1 amide bonds. The summed E-state index contributed by atoms with van der Waals surface area (Å²) < 4.78 is 18.7. The molecule has 0 unspecified atom stereocenters. The van der Waals surface area contributed by atoms with Gasteiger partial charge in [0.05, 0.1) is 16.7 Å². The zero-order valence-electron chi connectivity index (χ0n) is 11.5. The van der Waals surface area contributed by atoms with Gasteiger partial charge in [-0.1, -0.05) is 17.3 Å². The summed E-state index contributed by atoms with van der Waals surface area (Å²) in [5.41, 5.74) is 0.348. The molecule has 1 saturated heterocycles. The van der Waals surface area contributed by atoms with E-state index < -0.39 is 0 Å². The first-order valence-electron chi connectivity index (χ1n) is 6.62. The monoisotopic (exact) mass is 307 g/mol. The fourth-order valence-electron chi connectivity index (χ4n) is 2.29. The summed E-state index contributed by atoms with van der Waals surface area (Å²) in [6, 6.07) is 6.34. The van der Waals surface area contributed by atoms with E-state index in [-0.39, 0.29) is 17.0 Å². The maximum atomic E-state index is 13.8. The summed E-state index contributed by atoms with van der Waals surface area (Å²) in [5, 5.41) is 3.61. The highest BCUT2D eigenvalue weighted by Gasteiger charge is 2.34. The van der Waals surface area contributed by atoms with Crippen LogP contribution in [0.5, 0.6) is 0 Å². The third-order valence-corrected chi connectivity index (χ3v) is 4.55. The number of amides is 1. The Kier molecular flexibility index (Phi) is 3.92. The van der Waals surface area contributed by atoms with E-state index in [1.54, 1.807) is 25.1 Å². The van der Waals surface area contributed by atoms with E-state index in [1.807, 2.05) is 0 Å². The molecule has 0 radical (unpaired) electrons. The van der Waals surface area contributed by atoms with Crippen LogP contribution >= 0.6 is 11.8 Å². The van der Waals surface area contributed by atoms with Gasteiger partial charge in [0.1, 0.15) is 5.82 Å². The number of thioether (sulfide) groups is 1. The molecule has 1 aromatic heterocycles. The van der Waals surface area contributed by atoms with Crippen LogP contribution in [0, 0.1) is 12.7 Å². The molecule has 0 N–H and O–H groups in total. The number of nitrogens with zero attached hydrogens (tertiary/aromatic N) is 3. The number of carbonyl (C=O) groups is 1. The molecule has 2 heterocycles. The van der Waals surface area contributed by atoms with Crippen LogP contribution in [0.3, 0.4) is 0 Å². The molecule has 3 rings (SSSR count). The van der Waals surface area contributed by atoms with Crippen LogP contribution in [0.4, 0.5) is 10.1 Å². The minimum atomic E-state index is -0.370. The van der Waals surface area contributed by atoms with Gasteiger partial charge < -0.3 is 9.42 Å². The first kappa shape index (κ1) is 14.1. The molecule has 0 bridgehead atoms. The van der Waals surface area contributed by atoms with Gasteiger partial charge in [0.15, 0.2) is 5.82 Å². The van der Waals surface area contributed by atoms with E-state index in [9.17, 15) is 9.18 Å². The standard InChI is InChI=1S/C14H14FN3O2S/c1-9-16-13(17-20-9)8-21-12-6-7-18(14(12)19)11-5-3-2-4-10(11)15/h2-5,12H,6-8H2,1H3/t12-/m0/s1. The van der Waals surface area contributed by atoms with Crippen LogP contribution in [-0.2, 0) is 10.5 Å². The Morgan fingerprint density at radius 1 is 1.48 bits per heavy atom. The number of para-hydroxylation sites is 1. The van der Waals surface area contributed by atoms with Gasteiger partial charge >= 0.3 is 0 Å². The van der Waals surface area contributed by atoms with Gasteiger partial charge in [-0.2, -0.15) is 4.98 Å². The number of aromatic nitrogens is 2. The van der Waals surface area contributed by atoms with Crippen molar-refractivity contribution in [3.8, 4) is 0 Å². The van der Waals surface area contributed by atoms with Crippen molar-refractivity contribution in [3.63, 3.8) is 0 Å². The largest absolute Gasteiger partial charge is 0.340 e. The first-order chi connectivity index (χ1) is 10.1. The number of hydrogen-bond acceptors (Lipinski definition) is 5. The quantitative estimate of drug-likeness (QED) is 0.869. The number of hydrogen-bond donors (Lipinski definition) is 0. The Morgan fingerprint density at radius 2 is 2.29 bits per heavy atom. The van der Waals surface area contributed by atoms with E-state index in [0.29, 0.717) is 36.1 Å². The SMILES string of the molecule is Cc1nc(CS[C@H]2CCN(c3ccccc3F)C2=O)no1. The fraction of sp³-hybridized carbons (Fsp3) is 0.357. The second kappa shape index (κ2) is 5.85. The number of halogens is 1. The van der Waals surface area contributed by atoms with Crippen LogP contribution < -0.4 is 4.90 Å². The zero-order valence-corrected chi connectivity index (χ0v) is 12.3. The molecular formula is C14H14FN3O2S. The van der Waals surface area contributed by atoms with Gasteiger partial charge in [-0.05, 0) is 18.6 Å². The minimum Gasteiger partial charge on any atom is -0.340 e. The van der Waals surface area contributed by atoms with Crippen molar-refractivity contribution < 1.29 is 13.7 Å². The molecule has 0 saturated carbocycles. The third kappa shape index (κ3) is 2.92. The lowest BCUT2D eigenvalue weighted by Gasteiger charge is -2.17. The molecule has 7 heteroatoms. The van der Waals surface area contributed by atoms with Crippen molar-refractivity contribution in [2.75, 3.05) is 11.4 Å². The van der Waals surface area contributed by atoms with Gasteiger partial charge in [0.25, 0.3) is 0 Å². The topological polar surface area (TPSA) is 59.2 Å². The van der Waals surface area contributed by atoms with E-state index in [2.05, 4.69) is 10.1 Å². The minimum absolute atomic E-state index is 0.0645. The Labute approximate surface area is 125 Å². The second-order valence-corrected chi connectivity index (χ2v) is 5.95. The molecule has 5 nitrogen and oxygen atoms in total. The number of anilines is 1. The summed E-state index contributed by atoms with van der Waals surface area (Å²) in [4.78, 5) is 18.0. The summed E-state index contributed by atoms with van der Waals surface area (Å²) in [7, 11) is 0. The lowest BCUT2D eigenvalue weighted by Crippen LogP contribution is -2.28. The summed E-state index contributed by atoms with van der Waals surface area (Å²) in [5.74, 6) is 1.17. The van der Waals surface area contributed by atoms with Crippen molar-refractivity contribution in [2.24, 2.45) is 0 Å². The third-order valence-electron chi connectivity index (χ3n) is 3.28. The van der Waals surface area contributed by atoms with Crippen LogP contribution in [0.15, 0.2) is 28.8 Å². The van der Waals surface area contributed by atoms with E-state index in [1.165, 1.54) is 22.7 Å². The molecule has 2 aromatic rings. The summed E-state index contributed by atoms with van der Waals surface area (Å²) in [6.07, 6.45) is 0.689. The molecular weight excluding hydrogens is 293 g/mol. The maximum Gasteiger partial charge on any atom is 0.240 e. The molecule has 1 aliphatic heterocycles. The molecule has 1 aromatic carbocycles. The average Bonchev–Trinajstić information content (AvgIpc) is 3.04. The molecule has 0 spiro atoms. The summed E-state index contributed by atoms with van der Waals surface area (Å²) in [6.45, 7) is 2.25. The summed E-state index contributed by atoms with van der Waals surface area (Å²) >= 11 is 1.46. The first-order valence-corrected chi connectivity index (χ1v) is 7.67. The number of aryl methyl sites for hydroxylation is 1. The highest BCUT2D eigenvalue weighted by atomic mass is 32.2. The van der Waals surface area contributed by atoms with Crippen molar-refractivity contribution in [1.82, 2.24) is 10.1 Å². The van der Waals surface area contributed by atoms with Gasteiger partial charge in [0, 0.05) is 13.5 Å². The maximum absolute atomic E-state index is 13.8. The molecule has 1 atom stereocenters. The zero-order chi connectivity index (χ0) is 14.8. The molecule has 21 heavy (non-hydrogen) atoms. The highest BCUT2D eigenvalue weighted by Crippen LogP contribution is 2.31. The van der Waals surface area contributed by atoms with Crippen LogP contribution in [0.25, 0.3) is 0 Å². The molecule has 110 valence electrons.